The van der Waals surface area contributed by atoms with Crippen molar-refractivity contribution in [2.24, 2.45) is 5.73 Å². The largest absolute Gasteiger partial charge is 0.463 e. The minimum atomic E-state index is -0.142. The summed E-state index contributed by atoms with van der Waals surface area (Å²) in [5, 5.41) is 0. The molecule has 0 atom stereocenters. The van der Waals surface area contributed by atoms with Gasteiger partial charge in [0.25, 0.3) is 0 Å². The number of rotatable bonds is 46. The third-order valence-electron chi connectivity index (χ3n) is 6.83. The third-order valence-corrected chi connectivity index (χ3v) is 6.83. The van der Waals surface area contributed by atoms with Gasteiger partial charge in [-0.3, -0.25) is 4.79 Å². The molecule has 51 heavy (non-hydrogen) atoms. The van der Waals surface area contributed by atoms with Gasteiger partial charge in [0.05, 0.1) is 159 Å². The van der Waals surface area contributed by atoms with Crippen LogP contribution >= 0.6 is 0 Å². The Bertz CT molecular complexity index is 653. The van der Waals surface area contributed by atoms with Crippen molar-refractivity contribution in [2.45, 2.75) is 58.3 Å². The number of hydrogen-bond acceptors (Lipinski definition) is 15. The molecule has 306 valence electrons. The van der Waals surface area contributed by atoms with E-state index in [1.54, 1.807) is 0 Å². The van der Waals surface area contributed by atoms with Crippen LogP contribution in [0.1, 0.15) is 58.3 Å². The van der Waals surface area contributed by atoms with E-state index < -0.39 is 0 Å². The normalized spacial score (nSPS) is 11.5. The lowest BCUT2D eigenvalue weighted by molar-refractivity contribution is -0.145. The van der Waals surface area contributed by atoms with Crippen LogP contribution in [0.15, 0.2) is 0 Å². The predicted molar refractivity (Wildman–Crippen MR) is 192 cm³/mol. The summed E-state index contributed by atoms with van der Waals surface area (Å²) in [6, 6.07) is 0. The van der Waals surface area contributed by atoms with Gasteiger partial charge in [0, 0.05) is 13.0 Å². The molecule has 15 nitrogen and oxygen atoms in total. The van der Waals surface area contributed by atoms with Crippen LogP contribution in [0, 0.1) is 0 Å². The zero-order chi connectivity index (χ0) is 36.8. The van der Waals surface area contributed by atoms with Gasteiger partial charge < -0.3 is 67.3 Å². The second-order valence-corrected chi connectivity index (χ2v) is 11.2. The lowest BCUT2D eigenvalue weighted by Crippen LogP contribution is -2.16. The molecule has 0 radical (unpaired) electrons. The van der Waals surface area contributed by atoms with Gasteiger partial charge in [-0.2, -0.15) is 0 Å². The van der Waals surface area contributed by atoms with Crippen LogP contribution in [-0.2, 0) is 66.4 Å². The second kappa shape index (κ2) is 47.0. The number of hydrogen-bond donors (Lipinski definition) is 1. The maximum absolute atomic E-state index is 11.7. The molecule has 0 rings (SSSR count). The zero-order valence-corrected chi connectivity index (χ0v) is 31.8. The summed E-state index contributed by atoms with van der Waals surface area (Å²) in [5.74, 6) is -0.142. The molecule has 0 aliphatic rings. The van der Waals surface area contributed by atoms with E-state index in [0.29, 0.717) is 172 Å². The number of unbranched alkanes of at least 4 members (excludes halogenated alkanes) is 6. The average molecular weight is 744 g/mol. The molecule has 2 N–H and O–H groups in total. The van der Waals surface area contributed by atoms with E-state index in [9.17, 15) is 4.79 Å². The van der Waals surface area contributed by atoms with Gasteiger partial charge in [0.2, 0.25) is 0 Å². The van der Waals surface area contributed by atoms with E-state index in [2.05, 4.69) is 6.92 Å². The molecule has 0 unspecified atom stereocenters. The second-order valence-electron chi connectivity index (χ2n) is 11.2. The van der Waals surface area contributed by atoms with Crippen molar-refractivity contribution in [3.8, 4) is 0 Å². The van der Waals surface area contributed by atoms with E-state index >= 15 is 0 Å². The summed E-state index contributed by atoms with van der Waals surface area (Å²) in [4.78, 5) is 11.7. The molecular weight excluding hydrogens is 670 g/mol. The van der Waals surface area contributed by atoms with E-state index in [0.717, 1.165) is 12.8 Å². The summed E-state index contributed by atoms with van der Waals surface area (Å²) in [6.07, 6.45) is 8.79. The summed E-state index contributed by atoms with van der Waals surface area (Å²) in [7, 11) is 0. The van der Waals surface area contributed by atoms with Crippen LogP contribution in [0.25, 0.3) is 0 Å². The highest BCUT2D eigenvalue weighted by molar-refractivity contribution is 5.69. The van der Waals surface area contributed by atoms with Gasteiger partial charge in [-0.1, -0.05) is 45.4 Å². The van der Waals surface area contributed by atoms with Crippen molar-refractivity contribution in [1.29, 1.82) is 0 Å². The number of esters is 1. The van der Waals surface area contributed by atoms with Crippen LogP contribution in [0.2, 0.25) is 0 Å². The smallest absolute Gasteiger partial charge is 0.305 e. The Balaban J connectivity index is 3.09. The van der Waals surface area contributed by atoms with Crippen molar-refractivity contribution in [2.75, 3.05) is 172 Å². The minimum Gasteiger partial charge on any atom is -0.463 e. The number of nitrogens with two attached hydrogens (primary N) is 1. The highest BCUT2D eigenvalue weighted by Gasteiger charge is 2.03. The summed E-state index contributed by atoms with van der Waals surface area (Å²) >= 11 is 0. The number of carbonyl (C=O) groups excluding carboxylic acids is 1. The third kappa shape index (κ3) is 46.9. The molecule has 0 heterocycles. The topological polar surface area (TPSA) is 163 Å². The lowest BCUT2D eigenvalue weighted by atomic mass is 10.1. The molecule has 0 aliphatic heterocycles. The summed E-state index contributed by atoms with van der Waals surface area (Å²) in [6.45, 7) is 15.0. The summed E-state index contributed by atoms with van der Waals surface area (Å²) in [5.41, 5.74) is 5.33. The monoisotopic (exact) mass is 744 g/mol. The van der Waals surface area contributed by atoms with E-state index in [1.165, 1.54) is 32.1 Å². The highest BCUT2D eigenvalue weighted by Crippen LogP contribution is 2.08. The molecule has 0 aliphatic carbocycles. The highest BCUT2D eigenvalue weighted by atomic mass is 16.6. The van der Waals surface area contributed by atoms with E-state index in [1.807, 2.05) is 0 Å². The van der Waals surface area contributed by atoms with Crippen LogP contribution < -0.4 is 5.73 Å². The Morgan fingerprint density at radius 1 is 0.333 bits per heavy atom. The predicted octanol–water partition coefficient (Wildman–Crippen LogP) is 2.83. The standard InChI is InChI=1S/C36H73NO14/c1-2-3-4-5-6-7-8-9-36(38)51-35-34-50-33-32-49-31-30-48-29-28-47-27-26-46-25-24-45-23-22-44-21-20-43-19-18-42-17-16-41-15-14-40-13-12-39-11-10-37/h2-35,37H2,1H3. The van der Waals surface area contributed by atoms with Crippen molar-refractivity contribution in [1.82, 2.24) is 0 Å². The van der Waals surface area contributed by atoms with Gasteiger partial charge >= 0.3 is 5.97 Å². The fourth-order valence-electron chi connectivity index (χ4n) is 4.12. The quantitative estimate of drug-likeness (QED) is 0.0715. The van der Waals surface area contributed by atoms with Gasteiger partial charge in [0.1, 0.15) is 6.61 Å². The molecule has 0 aromatic carbocycles. The minimum absolute atomic E-state index is 0.142. The first-order chi connectivity index (χ1) is 25.3. The first kappa shape index (κ1) is 49.9. The van der Waals surface area contributed by atoms with Crippen molar-refractivity contribution >= 4 is 5.97 Å². The molecule has 0 saturated carbocycles. The van der Waals surface area contributed by atoms with Gasteiger partial charge in [-0.05, 0) is 6.42 Å². The van der Waals surface area contributed by atoms with Gasteiger partial charge in [-0.15, -0.1) is 0 Å². The average Bonchev–Trinajstić information content (AvgIpc) is 3.14. The molecular formula is C36H73NO14. The summed E-state index contributed by atoms with van der Waals surface area (Å²) < 4.78 is 70.4. The van der Waals surface area contributed by atoms with E-state index in [4.69, 9.17) is 67.3 Å². The maximum Gasteiger partial charge on any atom is 0.305 e. The fraction of sp³-hybridized carbons (Fsp3) is 0.972. The Morgan fingerprint density at radius 3 is 0.843 bits per heavy atom. The first-order valence-electron chi connectivity index (χ1n) is 19.1. The van der Waals surface area contributed by atoms with E-state index in [-0.39, 0.29) is 12.6 Å². The molecule has 0 aromatic rings. The maximum atomic E-state index is 11.7. The van der Waals surface area contributed by atoms with Crippen LogP contribution in [0.5, 0.6) is 0 Å². The first-order valence-corrected chi connectivity index (χ1v) is 19.1. The molecule has 15 heteroatoms. The number of ether oxygens (including phenoxy) is 13. The fourth-order valence-corrected chi connectivity index (χ4v) is 4.12. The Hall–Kier alpha value is -1.05. The zero-order valence-electron chi connectivity index (χ0n) is 31.8. The van der Waals surface area contributed by atoms with Gasteiger partial charge in [0.15, 0.2) is 0 Å². The Morgan fingerprint density at radius 2 is 0.569 bits per heavy atom. The van der Waals surface area contributed by atoms with Crippen molar-refractivity contribution in [3.63, 3.8) is 0 Å². The van der Waals surface area contributed by atoms with Crippen LogP contribution in [0.3, 0.4) is 0 Å². The SMILES string of the molecule is CCCCCCCCCC(=O)OCCOCCOCCOCCOCCOCCOCCOCCOCCOCCOCCOCCOCCN. The molecule has 0 saturated heterocycles. The van der Waals surface area contributed by atoms with Crippen LogP contribution in [0.4, 0.5) is 0 Å². The Labute approximate surface area is 307 Å². The molecule has 0 bridgehead atoms. The van der Waals surface area contributed by atoms with Gasteiger partial charge in [-0.25, -0.2) is 0 Å². The van der Waals surface area contributed by atoms with Crippen LogP contribution in [-0.4, -0.2) is 178 Å². The van der Waals surface area contributed by atoms with Crippen molar-refractivity contribution in [3.05, 3.63) is 0 Å². The van der Waals surface area contributed by atoms with Crippen molar-refractivity contribution < 1.29 is 66.4 Å². The molecule has 0 spiro atoms. The molecule has 0 aromatic heterocycles. The molecule has 0 amide bonds. The molecule has 0 fully saturated rings. The Kier molecular flexibility index (Phi) is 46.0. The lowest BCUT2D eigenvalue weighted by Gasteiger charge is -2.09. The number of carbonyl (C=O) groups is 1.